The van der Waals surface area contributed by atoms with Gasteiger partial charge in [-0.15, -0.1) is 0 Å². The molecular weight excluding hydrogens is 359 g/mol. The van der Waals surface area contributed by atoms with Crippen LogP contribution in [0.3, 0.4) is 0 Å². The lowest BCUT2D eigenvalue weighted by atomic mass is 10.1. The van der Waals surface area contributed by atoms with Gasteiger partial charge in [0.25, 0.3) is 0 Å². The van der Waals surface area contributed by atoms with Crippen molar-refractivity contribution in [3.05, 3.63) is 84.6 Å². The second kappa shape index (κ2) is 7.44. The monoisotopic (exact) mass is 372 g/mol. The zero-order valence-electron chi connectivity index (χ0n) is 14.1. The first-order valence-electron chi connectivity index (χ1n) is 8.18. The van der Waals surface area contributed by atoms with Crippen LogP contribution < -0.4 is 5.32 Å². The number of nitrogens with zero attached hydrogens (tertiary/aromatic N) is 3. The van der Waals surface area contributed by atoms with Crippen LogP contribution in [0.15, 0.2) is 82.8 Å². The van der Waals surface area contributed by atoms with Crippen LogP contribution in [0.25, 0.3) is 10.9 Å². The van der Waals surface area contributed by atoms with E-state index in [1.807, 2.05) is 48.5 Å². The maximum Gasteiger partial charge on any atom is 0.233 e. The summed E-state index contributed by atoms with van der Waals surface area (Å²) in [4.78, 5) is 10.0. The number of nitrogens with one attached hydrogen (secondary N) is 1. The van der Waals surface area contributed by atoms with Gasteiger partial charge in [-0.25, -0.2) is 4.98 Å². The van der Waals surface area contributed by atoms with Crippen LogP contribution in [0, 0.1) is 17.3 Å². The van der Waals surface area contributed by atoms with E-state index in [1.54, 1.807) is 24.0 Å². The molecule has 1 N–H and O–H groups in total. The third-order valence-electron chi connectivity index (χ3n) is 3.96. The highest BCUT2D eigenvalue weighted by atomic mass is 32.2. The summed E-state index contributed by atoms with van der Waals surface area (Å²) in [5.74, 6) is -0.809. The number of pyridine rings is 2. The predicted molar refractivity (Wildman–Crippen MR) is 105 cm³/mol. The minimum atomic E-state index is -0.809. The highest BCUT2D eigenvalue weighted by Gasteiger charge is 2.15. The number of rotatable bonds is 4. The molecule has 0 bridgehead atoms. The highest BCUT2D eigenvalue weighted by Crippen LogP contribution is 2.32. The average Bonchev–Trinajstić information content (AvgIpc) is 2.70. The number of benzene rings is 2. The molecule has 0 radical (unpaired) electrons. The van der Waals surface area contributed by atoms with Crippen molar-refractivity contribution >= 4 is 34.0 Å². The summed E-state index contributed by atoms with van der Waals surface area (Å²) in [7, 11) is 0. The second-order valence-electron chi connectivity index (χ2n) is 5.72. The van der Waals surface area contributed by atoms with E-state index in [4.69, 9.17) is 0 Å². The fourth-order valence-electron chi connectivity index (χ4n) is 2.69. The van der Waals surface area contributed by atoms with Crippen LogP contribution in [-0.4, -0.2) is 9.97 Å². The Morgan fingerprint density at radius 3 is 2.44 bits per heavy atom. The minimum Gasteiger partial charge on any atom is -0.354 e. The lowest BCUT2D eigenvalue weighted by molar-refractivity contribution is 0.585. The Kier molecular flexibility index (Phi) is 4.69. The number of halogens is 1. The van der Waals surface area contributed by atoms with Gasteiger partial charge in [0, 0.05) is 27.1 Å². The molecule has 2 aromatic carbocycles. The molecule has 4 nitrogen and oxygen atoms in total. The van der Waals surface area contributed by atoms with Gasteiger partial charge in [-0.1, -0.05) is 30.0 Å². The molecule has 130 valence electrons. The average molecular weight is 372 g/mol. The van der Waals surface area contributed by atoms with Crippen molar-refractivity contribution in [2.45, 2.75) is 9.79 Å². The molecule has 0 fully saturated rings. The molecule has 4 aromatic rings. The Morgan fingerprint density at radius 2 is 1.70 bits per heavy atom. The maximum absolute atomic E-state index is 14.2. The fourth-order valence-corrected chi connectivity index (χ4v) is 3.53. The van der Waals surface area contributed by atoms with Crippen LogP contribution in [0.2, 0.25) is 0 Å². The third kappa shape index (κ3) is 3.59. The Labute approximate surface area is 159 Å². The molecular formula is C21H13FN4S. The van der Waals surface area contributed by atoms with Crippen molar-refractivity contribution in [3.8, 4) is 6.07 Å². The van der Waals surface area contributed by atoms with Gasteiger partial charge in [0.2, 0.25) is 5.95 Å². The third-order valence-corrected chi connectivity index (χ3v) is 4.97. The number of hydrogen-bond acceptors (Lipinski definition) is 5. The van der Waals surface area contributed by atoms with Crippen LogP contribution in [0.4, 0.5) is 15.8 Å². The molecule has 6 heteroatoms. The van der Waals surface area contributed by atoms with E-state index < -0.39 is 5.95 Å². The van der Waals surface area contributed by atoms with E-state index in [0.29, 0.717) is 16.6 Å². The van der Waals surface area contributed by atoms with Gasteiger partial charge in [0.15, 0.2) is 0 Å². The van der Waals surface area contributed by atoms with Crippen molar-refractivity contribution in [1.82, 2.24) is 9.97 Å². The largest absolute Gasteiger partial charge is 0.354 e. The summed E-state index contributed by atoms with van der Waals surface area (Å²) in [6.07, 6.45) is 3.07. The van der Waals surface area contributed by atoms with Gasteiger partial charge in [-0.05, 0) is 42.5 Å². The summed E-state index contributed by atoms with van der Waals surface area (Å²) in [6, 6.07) is 21.5. The lowest BCUT2D eigenvalue weighted by Crippen LogP contribution is -2.00. The van der Waals surface area contributed by atoms with E-state index in [0.717, 1.165) is 15.5 Å². The Bertz CT molecular complexity index is 1140. The number of anilines is 2. The van der Waals surface area contributed by atoms with Gasteiger partial charge in [-0.3, -0.25) is 4.98 Å². The standard InChI is InChI=1S/C21H13FN4S/c22-21-18(12-23)20(17-10-11-24-13-19(17)26-21)25-14-6-8-16(9-7-14)27-15-4-2-1-3-5-15/h1-11,13H,(H,25,26). The summed E-state index contributed by atoms with van der Waals surface area (Å²) in [6.45, 7) is 0. The van der Waals surface area contributed by atoms with Crippen molar-refractivity contribution in [2.24, 2.45) is 0 Å². The van der Waals surface area contributed by atoms with Gasteiger partial charge in [0.05, 0.1) is 17.4 Å². The predicted octanol–water partition coefficient (Wildman–Crippen LogP) is 5.54. The number of fused-ring (bicyclic) bond motifs is 1. The molecule has 2 aromatic heterocycles. The quantitative estimate of drug-likeness (QED) is 0.477. The Hall–Kier alpha value is -3.43. The summed E-state index contributed by atoms with van der Waals surface area (Å²) < 4.78 is 14.2. The number of hydrogen-bond donors (Lipinski definition) is 1. The van der Waals surface area contributed by atoms with E-state index in [2.05, 4.69) is 27.4 Å². The molecule has 0 atom stereocenters. The first-order valence-corrected chi connectivity index (χ1v) is 8.99. The van der Waals surface area contributed by atoms with Gasteiger partial charge in [0.1, 0.15) is 11.6 Å². The molecule has 0 aliphatic carbocycles. The highest BCUT2D eigenvalue weighted by molar-refractivity contribution is 7.99. The number of aromatic nitrogens is 2. The lowest BCUT2D eigenvalue weighted by Gasteiger charge is -2.12. The normalized spacial score (nSPS) is 10.5. The molecule has 4 rings (SSSR count). The SMILES string of the molecule is N#Cc1c(F)nc2cnccc2c1Nc1ccc(Sc2ccccc2)cc1. The van der Waals surface area contributed by atoms with Gasteiger partial charge in [-0.2, -0.15) is 9.65 Å². The van der Waals surface area contributed by atoms with Crippen LogP contribution >= 0.6 is 11.8 Å². The summed E-state index contributed by atoms with van der Waals surface area (Å²) in [5, 5.41) is 13.2. The Balaban J connectivity index is 1.65. The maximum atomic E-state index is 14.2. The topological polar surface area (TPSA) is 61.6 Å². The molecule has 0 aliphatic heterocycles. The Morgan fingerprint density at radius 1 is 0.963 bits per heavy atom. The van der Waals surface area contributed by atoms with E-state index >= 15 is 0 Å². The van der Waals surface area contributed by atoms with Crippen molar-refractivity contribution in [2.75, 3.05) is 5.32 Å². The molecule has 27 heavy (non-hydrogen) atoms. The van der Waals surface area contributed by atoms with Crippen LogP contribution in [-0.2, 0) is 0 Å². The summed E-state index contributed by atoms with van der Waals surface area (Å²) in [5.41, 5.74) is 1.43. The fraction of sp³-hybridized carbons (Fsp3) is 0. The molecule has 0 amide bonds. The number of nitriles is 1. The summed E-state index contributed by atoms with van der Waals surface area (Å²) >= 11 is 1.66. The molecule has 2 heterocycles. The first kappa shape index (κ1) is 17.0. The van der Waals surface area contributed by atoms with Crippen molar-refractivity contribution in [1.29, 1.82) is 5.26 Å². The first-order chi connectivity index (χ1) is 13.2. The zero-order chi connectivity index (χ0) is 18.6. The van der Waals surface area contributed by atoms with E-state index in [9.17, 15) is 9.65 Å². The molecule has 0 unspecified atom stereocenters. The molecule has 0 saturated heterocycles. The molecule has 0 spiro atoms. The van der Waals surface area contributed by atoms with Crippen LogP contribution in [0.5, 0.6) is 0 Å². The van der Waals surface area contributed by atoms with E-state index in [1.165, 1.54) is 6.20 Å². The minimum absolute atomic E-state index is 0.114. The van der Waals surface area contributed by atoms with Gasteiger partial charge < -0.3 is 5.32 Å². The molecule has 0 saturated carbocycles. The zero-order valence-corrected chi connectivity index (χ0v) is 14.9. The van der Waals surface area contributed by atoms with Crippen molar-refractivity contribution < 1.29 is 4.39 Å². The van der Waals surface area contributed by atoms with Crippen molar-refractivity contribution in [3.63, 3.8) is 0 Å². The van der Waals surface area contributed by atoms with Gasteiger partial charge >= 0.3 is 0 Å². The van der Waals surface area contributed by atoms with Crippen LogP contribution in [0.1, 0.15) is 5.56 Å². The van der Waals surface area contributed by atoms with E-state index in [-0.39, 0.29) is 5.56 Å². The second-order valence-corrected chi connectivity index (χ2v) is 6.87. The molecule has 0 aliphatic rings. The smallest absolute Gasteiger partial charge is 0.233 e.